The molecule has 1 heterocycles. The molecule has 0 radical (unpaired) electrons. The molecule has 1 aromatic rings. The van der Waals surface area contributed by atoms with Crippen molar-refractivity contribution < 1.29 is 9.90 Å². The van der Waals surface area contributed by atoms with E-state index in [0.717, 1.165) is 29.2 Å². The Labute approximate surface area is 128 Å². The molecular weight excluding hydrogens is 318 g/mol. The minimum Gasteiger partial charge on any atom is -0.478 e. The van der Waals surface area contributed by atoms with Gasteiger partial charge in [0.1, 0.15) is 0 Å². The number of benzene rings is 1. The number of nitrogens with zero attached hydrogens (tertiary/aromatic N) is 1. The van der Waals surface area contributed by atoms with E-state index in [1.54, 1.807) is 6.08 Å². The molecule has 108 valence electrons. The molecule has 1 aromatic carbocycles. The topological polar surface area (TPSA) is 40.5 Å². The molecule has 4 heteroatoms. The van der Waals surface area contributed by atoms with Crippen LogP contribution in [0.25, 0.3) is 6.08 Å². The summed E-state index contributed by atoms with van der Waals surface area (Å²) in [6.07, 6.45) is 5.25. The Morgan fingerprint density at radius 3 is 2.80 bits per heavy atom. The van der Waals surface area contributed by atoms with E-state index in [9.17, 15) is 4.79 Å². The smallest absolute Gasteiger partial charge is 0.328 e. The number of carbonyl (C=O) groups is 1. The fraction of sp³-hybridized carbons (Fsp3) is 0.438. The van der Waals surface area contributed by atoms with Crippen molar-refractivity contribution in [1.82, 2.24) is 0 Å². The first-order chi connectivity index (χ1) is 9.37. The van der Waals surface area contributed by atoms with E-state index in [0.29, 0.717) is 5.41 Å². The van der Waals surface area contributed by atoms with Crippen LogP contribution in [0.5, 0.6) is 0 Å². The van der Waals surface area contributed by atoms with Gasteiger partial charge >= 0.3 is 5.97 Å². The van der Waals surface area contributed by atoms with Crippen molar-refractivity contribution in [2.45, 2.75) is 26.7 Å². The van der Waals surface area contributed by atoms with E-state index < -0.39 is 5.97 Å². The van der Waals surface area contributed by atoms with Crippen molar-refractivity contribution in [3.05, 3.63) is 34.3 Å². The second-order valence-corrected chi connectivity index (χ2v) is 6.92. The number of carboxylic acid groups (broad SMARTS) is 1. The zero-order valence-corrected chi connectivity index (χ0v) is 13.5. The Kier molecular flexibility index (Phi) is 4.53. The van der Waals surface area contributed by atoms with Crippen LogP contribution in [-0.2, 0) is 4.79 Å². The average molecular weight is 338 g/mol. The summed E-state index contributed by atoms with van der Waals surface area (Å²) in [6, 6.07) is 6.09. The molecule has 1 N–H and O–H groups in total. The van der Waals surface area contributed by atoms with Gasteiger partial charge in [0.25, 0.3) is 0 Å². The third kappa shape index (κ3) is 3.85. The quantitative estimate of drug-likeness (QED) is 0.841. The Bertz CT molecular complexity index is 537. The normalized spacial score (nSPS) is 18.4. The van der Waals surface area contributed by atoms with E-state index in [-0.39, 0.29) is 0 Å². The van der Waals surface area contributed by atoms with Crippen molar-refractivity contribution in [3.63, 3.8) is 0 Å². The fourth-order valence-electron chi connectivity index (χ4n) is 2.65. The van der Waals surface area contributed by atoms with Crippen LogP contribution in [-0.4, -0.2) is 24.2 Å². The Morgan fingerprint density at radius 1 is 1.45 bits per heavy atom. The van der Waals surface area contributed by atoms with Crippen LogP contribution in [0.2, 0.25) is 0 Å². The third-order valence-electron chi connectivity index (χ3n) is 3.66. The van der Waals surface area contributed by atoms with Gasteiger partial charge in [-0.15, -0.1) is 0 Å². The Hall–Kier alpha value is -1.29. The molecule has 1 aliphatic heterocycles. The number of piperidine rings is 1. The van der Waals surface area contributed by atoms with E-state index in [4.69, 9.17) is 5.11 Å². The molecule has 0 amide bonds. The maximum atomic E-state index is 10.6. The highest BCUT2D eigenvalue weighted by Crippen LogP contribution is 2.33. The lowest BCUT2D eigenvalue weighted by atomic mass is 9.84. The van der Waals surface area contributed by atoms with Gasteiger partial charge in [0, 0.05) is 29.3 Å². The average Bonchev–Trinajstić information content (AvgIpc) is 2.36. The number of rotatable bonds is 3. The first-order valence-electron chi connectivity index (χ1n) is 6.83. The molecule has 0 unspecified atom stereocenters. The summed E-state index contributed by atoms with van der Waals surface area (Å²) >= 11 is 3.52. The molecule has 3 nitrogen and oxygen atoms in total. The molecule has 0 spiro atoms. The monoisotopic (exact) mass is 337 g/mol. The van der Waals surface area contributed by atoms with Gasteiger partial charge in [-0.2, -0.15) is 0 Å². The zero-order chi connectivity index (χ0) is 14.8. The second-order valence-electron chi connectivity index (χ2n) is 6.07. The lowest BCUT2D eigenvalue weighted by Gasteiger charge is -2.39. The number of hydrogen-bond donors (Lipinski definition) is 1. The van der Waals surface area contributed by atoms with Crippen LogP contribution in [0.15, 0.2) is 28.7 Å². The largest absolute Gasteiger partial charge is 0.478 e. The van der Waals surface area contributed by atoms with E-state index in [1.165, 1.54) is 18.5 Å². The van der Waals surface area contributed by atoms with Gasteiger partial charge in [-0.25, -0.2) is 4.79 Å². The van der Waals surface area contributed by atoms with E-state index >= 15 is 0 Å². The molecule has 1 saturated heterocycles. The van der Waals surface area contributed by atoms with E-state index in [2.05, 4.69) is 46.8 Å². The maximum Gasteiger partial charge on any atom is 0.328 e. The molecule has 20 heavy (non-hydrogen) atoms. The molecule has 0 aliphatic carbocycles. The van der Waals surface area contributed by atoms with E-state index in [1.807, 2.05) is 6.07 Å². The van der Waals surface area contributed by atoms with Crippen molar-refractivity contribution in [3.8, 4) is 0 Å². The molecule has 2 rings (SSSR count). The van der Waals surface area contributed by atoms with Gasteiger partial charge in [-0.3, -0.25) is 0 Å². The predicted octanol–water partition coefficient (Wildman–Crippen LogP) is 4.17. The summed E-state index contributed by atoms with van der Waals surface area (Å²) in [4.78, 5) is 13.0. The number of aliphatic carboxylic acids is 1. The fourth-order valence-corrected chi connectivity index (χ4v) is 3.15. The molecule has 0 bridgehead atoms. The first kappa shape index (κ1) is 15.1. The molecule has 0 aromatic heterocycles. The highest BCUT2D eigenvalue weighted by atomic mass is 79.9. The van der Waals surface area contributed by atoms with Crippen molar-refractivity contribution in [1.29, 1.82) is 0 Å². The highest BCUT2D eigenvalue weighted by molar-refractivity contribution is 9.10. The zero-order valence-electron chi connectivity index (χ0n) is 11.9. The summed E-state index contributed by atoms with van der Waals surface area (Å²) in [7, 11) is 0. The van der Waals surface area contributed by atoms with Crippen molar-refractivity contribution in [2.75, 3.05) is 18.0 Å². The van der Waals surface area contributed by atoms with Crippen LogP contribution in [0.3, 0.4) is 0 Å². The van der Waals surface area contributed by atoms with Crippen molar-refractivity contribution >= 4 is 33.7 Å². The van der Waals surface area contributed by atoms with Gasteiger partial charge in [0.2, 0.25) is 0 Å². The van der Waals surface area contributed by atoms with Crippen molar-refractivity contribution in [2.24, 2.45) is 5.41 Å². The highest BCUT2D eigenvalue weighted by Gasteiger charge is 2.26. The predicted molar refractivity (Wildman–Crippen MR) is 86.0 cm³/mol. The van der Waals surface area contributed by atoms with Crippen LogP contribution in [0.4, 0.5) is 5.69 Å². The van der Waals surface area contributed by atoms with Crippen LogP contribution < -0.4 is 4.90 Å². The van der Waals surface area contributed by atoms with Gasteiger partial charge in [0.15, 0.2) is 0 Å². The summed E-state index contributed by atoms with van der Waals surface area (Å²) in [5.74, 6) is -0.932. The maximum absolute atomic E-state index is 10.6. The lowest BCUT2D eigenvalue weighted by molar-refractivity contribution is -0.131. The Balaban J connectivity index is 2.18. The van der Waals surface area contributed by atoms with Gasteiger partial charge < -0.3 is 10.0 Å². The number of anilines is 1. The molecular formula is C16H20BrNO2. The standard InChI is InChI=1S/C16H20BrNO2/c1-16(2)8-3-9-18(11-16)13-6-4-12(14(17)10-13)5-7-15(19)20/h4-7,10H,3,8-9,11H2,1-2H3,(H,19,20)/b7-5+. The number of carboxylic acids is 1. The van der Waals surface area contributed by atoms with Gasteiger partial charge in [-0.05, 0) is 42.0 Å². The van der Waals surface area contributed by atoms with Crippen LogP contribution in [0, 0.1) is 5.41 Å². The summed E-state index contributed by atoms with van der Waals surface area (Å²) in [5.41, 5.74) is 2.43. The summed E-state index contributed by atoms with van der Waals surface area (Å²) in [6.45, 7) is 6.75. The Morgan fingerprint density at radius 2 is 2.20 bits per heavy atom. The number of hydrogen-bond acceptors (Lipinski definition) is 2. The molecule has 0 atom stereocenters. The minimum atomic E-state index is -0.932. The summed E-state index contributed by atoms with van der Waals surface area (Å²) < 4.78 is 0.927. The SMILES string of the molecule is CC1(C)CCCN(c2ccc(/C=C/C(=O)O)c(Br)c2)C1. The lowest BCUT2D eigenvalue weighted by Crippen LogP contribution is -2.40. The molecule has 1 aliphatic rings. The summed E-state index contributed by atoms with van der Waals surface area (Å²) in [5, 5.41) is 8.67. The first-order valence-corrected chi connectivity index (χ1v) is 7.62. The van der Waals surface area contributed by atoms with Crippen LogP contribution >= 0.6 is 15.9 Å². The minimum absolute atomic E-state index is 0.354. The van der Waals surface area contributed by atoms with Gasteiger partial charge in [-0.1, -0.05) is 35.8 Å². The third-order valence-corrected chi connectivity index (χ3v) is 4.34. The second kappa shape index (κ2) is 6.00. The molecule has 0 saturated carbocycles. The van der Waals surface area contributed by atoms with Gasteiger partial charge in [0.05, 0.1) is 0 Å². The molecule has 1 fully saturated rings. The van der Waals surface area contributed by atoms with Crippen LogP contribution in [0.1, 0.15) is 32.3 Å². The number of halogens is 1.